The van der Waals surface area contributed by atoms with E-state index in [1.807, 2.05) is 30.3 Å². The molecule has 0 aliphatic rings. The number of carbonyl (C=O) groups is 2. The second-order valence-electron chi connectivity index (χ2n) is 5.79. The molecular weight excluding hydrogens is 440 g/mol. The highest BCUT2D eigenvalue weighted by Crippen LogP contribution is 2.24. The first-order chi connectivity index (χ1) is 13.6. The molecule has 28 heavy (non-hydrogen) atoms. The molecule has 8 heteroatoms. The van der Waals surface area contributed by atoms with Crippen molar-refractivity contribution < 1.29 is 9.59 Å². The largest absolute Gasteiger partial charge is 0.321 e. The Bertz CT molecular complexity index is 999. The van der Waals surface area contributed by atoms with Crippen molar-refractivity contribution in [1.82, 2.24) is 10.4 Å². The maximum atomic E-state index is 12.7. The fraction of sp³-hybridized carbons (Fsp3) is 0.0500. The molecule has 0 aliphatic heterocycles. The third-order valence-electron chi connectivity index (χ3n) is 3.85. The van der Waals surface area contributed by atoms with Crippen LogP contribution in [0.3, 0.4) is 0 Å². The number of nitrogens with one attached hydrogen (secondary N) is 2. The number of hydrazine groups is 1. The third kappa shape index (κ3) is 5.19. The average Bonchev–Trinajstić information content (AvgIpc) is 2.74. The van der Waals surface area contributed by atoms with Crippen LogP contribution in [-0.4, -0.2) is 16.8 Å². The van der Waals surface area contributed by atoms with Gasteiger partial charge < -0.3 is 5.32 Å². The number of amides is 2. The predicted molar refractivity (Wildman–Crippen MR) is 114 cm³/mol. The Hall–Kier alpha value is -2.68. The zero-order chi connectivity index (χ0) is 19.9. The third-order valence-corrected chi connectivity index (χ3v) is 5.43. The van der Waals surface area contributed by atoms with Gasteiger partial charge in [-0.3, -0.25) is 20.0 Å². The van der Waals surface area contributed by atoms with Gasteiger partial charge >= 0.3 is 0 Å². The Morgan fingerprint density at radius 1 is 1.04 bits per heavy atom. The highest BCUT2D eigenvalue weighted by atomic mass is 79.9. The minimum Gasteiger partial charge on any atom is -0.321 e. The Morgan fingerprint density at radius 3 is 2.57 bits per heavy atom. The molecule has 0 fully saturated rings. The monoisotopic (exact) mass is 456 g/mol. The number of nitrogen functional groups attached to an aromatic ring is 1. The van der Waals surface area contributed by atoms with Crippen LogP contribution in [-0.2, 0) is 5.75 Å². The van der Waals surface area contributed by atoms with E-state index in [9.17, 15) is 9.59 Å². The van der Waals surface area contributed by atoms with Crippen molar-refractivity contribution in [3.8, 4) is 0 Å². The van der Waals surface area contributed by atoms with Crippen molar-refractivity contribution in [2.45, 2.75) is 10.6 Å². The number of nitrogens with two attached hydrogens (primary N) is 1. The number of pyridine rings is 1. The van der Waals surface area contributed by atoms with Crippen LogP contribution in [0, 0.1) is 0 Å². The number of halogens is 1. The number of nitrogens with zero attached hydrogens (tertiary/aromatic N) is 1. The number of hydrogen-bond donors (Lipinski definition) is 3. The Morgan fingerprint density at radius 2 is 1.82 bits per heavy atom. The minimum atomic E-state index is -0.487. The van der Waals surface area contributed by atoms with Crippen molar-refractivity contribution in [1.29, 1.82) is 0 Å². The molecule has 0 spiro atoms. The van der Waals surface area contributed by atoms with Crippen LogP contribution in [0.5, 0.6) is 0 Å². The van der Waals surface area contributed by atoms with Crippen molar-refractivity contribution in [3.63, 3.8) is 0 Å². The lowest BCUT2D eigenvalue weighted by atomic mass is 10.1. The van der Waals surface area contributed by atoms with E-state index in [4.69, 9.17) is 5.84 Å². The van der Waals surface area contributed by atoms with Gasteiger partial charge in [-0.25, -0.2) is 5.84 Å². The lowest BCUT2D eigenvalue weighted by molar-refractivity contribution is 0.0954. The first kappa shape index (κ1) is 20.1. The highest BCUT2D eigenvalue weighted by molar-refractivity contribution is 9.10. The molecule has 0 atom stereocenters. The fourth-order valence-electron chi connectivity index (χ4n) is 2.49. The van der Waals surface area contributed by atoms with Crippen LogP contribution in [0.1, 0.15) is 26.3 Å². The number of aromatic nitrogens is 1. The van der Waals surface area contributed by atoms with Crippen molar-refractivity contribution >= 4 is 45.2 Å². The highest BCUT2D eigenvalue weighted by Gasteiger charge is 2.14. The molecule has 142 valence electrons. The number of thioether (sulfide) groups is 1. The summed E-state index contributed by atoms with van der Waals surface area (Å²) in [5, 5.41) is 2.78. The summed E-state index contributed by atoms with van der Waals surface area (Å²) in [4.78, 5) is 29.8. The van der Waals surface area contributed by atoms with Gasteiger partial charge in [0.1, 0.15) is 0 Å². The molecule has 6 nitrogen and oxygen atoms in total. The summed E-state index contributed by atoms with van der Waals surface area (Å²) < 4.78 is 0.708. The summed E-state index contributed by atoms with van der Waals surface area (Å²) in [6.45, 7) is 0. The summed E-state index contributed by atoms with van der Waals surface area (Å²) in [6.07, 6.45) is 3.50. The molecule has 4 N–H and O–H groups in total. The predicted octanol–water partition coefficient (Wildman–Crippen LogP) is 3.99. The topological polar surface area (TPSA) is 97.1 Å². The van der Waals surface area contributed by atoms with Crippen LogP contribution in [0.2, 0.25) is 0 Å². The second-order valence-corrected chi connectivity index (χ2v) is 7.75. The molecular formula is C20H17BrN4O2S. The lowest BCUT2D eigenvalue weighted by Crippen LogP contribution is -2.31. The smallest absolute Gasteiger partial charge is 0.267 e. The van der Waals surface area contributed by atoms with Gasteiger partial charge in [-0.15, -0.1) is 11.8 Å². The number of hydrogen-bond acceptors (Lipinski definition) is 5. The summed E-state index contributed by atoms with van der Waals surface area (Å²) >= 11 is 4.98. The van der Waals surface area contributed by atoms with Crippen molar-refractivity contribution in [3.05, 3.63) is 88.2 Å². The Labute approximate surface area is 175 Å². The fourth-order valence-corrected chi connectivity index (χ4v) is 3.68. The van der Waals surface area contributed by atoms with E-state index < -0.39 is 5.91 Å². The van der Waals surface area contributed by atoms with E-state index in [0.717, 1.165) is 16.2 Å². The molecule has 1 heterocycles. The molecule has 0 aliphatic carbocycles. The molecule has 0 radical (unpaired) electrons. The number of carbonyl (C=O) groups excluding carboxylic acids is 2. The van der Waals surface area contributed by atoms with Crippen molar-refractivity contribution in [2.24, 2.45) is 5.84 Å². The minimum absolute atomic E-state index is 0.273. The van der Waals surface area contributed by atoms with Gasteiger partial charge in [0, 0.05) is 33.1 Å². The van der Waals surface area contributed by atoms with E-state index in [1.165, 1.54) is 0 Å². The molecule has 0 unspecified atom stereocenters. The van der Waals surface area contributed by atoms with E-state index >= 15 is 0 Å². The number of rotatable bonds is 6. The maximum Gasteiger partial charge on any atom is 0.267 e. The summed E-state index contributed by atoms with van der Waals surface area (Å²) in [5.74, 6) is 5.17. The lowest BCUT2D eigenvalue weighted by Gasteiger charge is -2.11. The van der Waals surface area contributed by atoms with Gasteiger partial charge in [-0.1, -0.05) is 28.1 Å². The zero-order valence-electron chi connectivity index (χ0n) is 14.7. The van der Waals surface area contributed by atoms with E-state index in [2.05, 4.69) is 31.7 Å². The standard InChI is InChI=1S/C20H17BrN4O2S/c21-15-4-5-18(17(11-15)20(27)25-22)24-19(26)14-3-1-2-13(10-14)12-28-16-6-8-23-9-7-16/h1-11H,12,22H2,(H,24,26)(H,25,27). The van der Waals surface area contributed by atoms with Crippen LogP contribution < -0.4 is 16.6 Å². The maximum absolute atomic E-state index is 12.7. The van der Waals surface area contributed by atoms with E-state index in [1.54, 1.807) is 48.4 Å². The van der Waals surface area contributed by atoms with Crippen LogP contribution in [0.15, 0.2) is 76.4 Å². The van der Waals surface area contributed by atoms with Gasteiger partial charge in [-0.2, -0.15) is 0 Å². The summed E-state index contributed by atoms with van der Waals surface area (Å²) in [7, 11) is 0. The van der Waals surface area contributed by atoms with Crippen LogP contribution in [0.25, 0.3) is 0 Å². The molecule has 1 aromatic heterocycles. The van der Waals surface area contributed by atoms with Crippen LogP contribution in [0.4, 0.5) is 5.69 Å². The Kier molecular flexibility index (Phi) is 6.80. The molecule has 0 bridgehead atoms. The number of benzene rings is 2. The molecule has 0 saturated carbocycles. The normalized spacial score (nSPS) is 10.4. The van der Waals surface area contributed by atoms with Gasteiger partial charge in [0.25, 0.3) is 11.8 Å². The zero-order valence-corrected chi connectivity index (χ0v) is 17.1. The number of anilines is 1. The van der Waals surface area contributed by atoms with Crippen LogP contribution >= 0.6 is 27.7 Å². The summed E-state index contributed by atoms with van der Waals surface area (Å²) in [5.41, 5.74) is 4.27. The molecule has 0 saturated heterocycles. The first-order valence-corrected chi connectivity index (χ1v) is 10.1. The molecule has 2 amide bonds. The quantitative estimate of drug-likeness (QED) is 0.225. The van der Waals surface area contributed by atoms with Gasteiger partial charge in [0.2, 0.25) is 0 Å². The molecule has 3 rings (SSSR count). The van der Waals surface area contributed by atoms with E-state index in [0.29, 0.717) is 15.7 Å². The SMILES string of the molecule is NNC(=O)c1cc(Br)ccc1NC(=O)c1cccc(CSc2ccncc2)c1. The van der Waals surface area contributed by atoms with Gasteiger partial charge in [0.15, 0.2) is 0 Å². The average molecular weight is 457 g/mol. The van der Waals surface area contributed by atoms with Crippen molar-refractivity contribution in [2.75, 3.05) is 5.32 Å². The van der Waals surface area contributed by atoms with Gasteiger partial charge in [0.05, 0.1) is 11.3 Å². The van der Waals surface area contributed by atoms with Gasteiger partial charge in [-0.05, 0) is 48.0 Å². The molecule has 2 aromatic carbocycles. The van der Waals surface area contributed by atoms with E-state index in [-0.39, 0.29) is 11.5 Å². The summed E-state index contributed by atoms with van der Waals surface area (Å²) in [6, 6.07) is 16.3. The molecule has 3 aromatic rings. The first-order valence-electron chi connectivity index (χ1n) is 8.30. The Balaban J connectivity index is 1.74. The second kappa shape index (κ2) is 9.50.